The summed E-state index contributed by atoms with van der Waals surface area (Å²) in [4.78, 5) is 11.8. The summed E-state index contributed by atoms with van der Waals surface area (Å²) in [7, 11) is -1.82. The average molecular weight is 376 g/mol. The summed E-state index contributed by atoms with van der Waals surface area (Å²) in [6.07, 6.45) is 0. The van der Waals surface area contributed by atoms with Crippen molar-refractivity contribution in [2.75, 3.05) is 14.2 Å². The molecule has 6 nitrogen and oxygen atoms in total. The zero-order valence-electron chi connectivity index (χ0n) is 11.5. The third-order valence-corrected chi connectivity index (χ3v) is 4.39. The molecular weight excluding hydrogens is 363 g/mol. The van der Waals surface area contributed by atoms with Crippen molar-refractivity contribution < 1.29 is 27.2 Å². The molecule has 0 aliphatic carbocycles. The van der Waals surface area contributed by atoms with Crippen LogP contribution in [-0.2, 0) is 14.9 Å². The molecule has 1 aromatic carbocycles. The van der Waals surface area contributed by atoms with Crippen molar-refractivity contribution in [2.24, 2.45) is 0 Å². The summed E-state index contributed by atoms with van der Waals surface area (Å²) in [5, 5.41) is -1.27. The van der Waals surface area contributed by atoms with Gasteiger partial charge in [-0.2, -0.15) is 8.42 Å². The molecule has 1 N–H and O–H groups in total. The molecule has 0 aliphatic rings. The third kappa shape index (κ3) is 4.19. The standard InChI is InChI=1S/C11H13BrO6S.Na/c1-6(19(14,15)16)7-4-5-8(12)10(17-2)9(7)11(13)18-3;/h4-6H,1-3H3,(H,14,15,16);. The number of methoxy groups -OCH3 is 2. The summed E-state index contributed by atoms with van der Waals surface area (Å²) in [6.45, 7) is 1.27. The molecule has 1 atom stereocenters. The van der Waals surface area contributed by atoms with E-state index < -0.39 is 21.3 Å². The maximum atomic E-state index is 11.8. The van der Waals surface area contributed by atoms with Crippen LogP contribution >= 0.6 is 15.9 Å². The molecule has 0 saturated carbocycles. The molecule has 1 rings (SSSR count). The van der Waals surface area contributed by atoms with Crippen molar-refractivity contribution in [1.29, 1.82) is 0 Å². The fraction of sp³-hybridized carbons (Fsp3) is 0.364. The summed E-state index contributed by atoms with van der Waals surface area (Å²) < 4.78 is 41.8. The Morgan fingerprint density at radius 2 is 1.90 bits per heavy atom. The molecule has 0 spiro atoms. The first-order valence-electron chi connectivity index (χ1n) is 5.15. The molecule has 1 unspecified atom stereocenters. The topological polar surface area (TPSA) is 89.9 Å². The van der Waals surface area contributed by atoms with Gasteiger partial charge in [0, 0.05) is 29.6 Å². The molecule has 9 heteroatoms. The number of hydrogen-bond donors (Lipinski definition) is 1. The molecule has 20 heavy (non-hydrogen) atoms. The van der Waals surface area contributed by atoms with Gasteiger partial charge in [0.2, 0.25) is 0 Å². The zero-order chi connectivity index (χ0) is 14.8. The number of halogens is 1. The van der Waals surface area contributed by atoms with Gasteiger partial charge in [0.15, 0.2) is 0 Å². The minimum atomic E-state index is -4.34. The van der Waals surface area contributed by atoms with Crippen LogP contribution in [0.5, 0.6) is 5.75 Å². The van der Waals surface area contributed by atoms with Gasteiger partial charge in [-0.3, -0.25) is 4.55 Å². The maximum absolute atomic E-state index is 11.8. The Balaban J connectivity index is 0.00000361. The van der Waals surface area contributed by atoms with Crippen LogP contribution in [0, 0.1) is 0 Å². The van der Waals surface area contributed by atoms with Crippen molar-refractivity contribution >= 4 is 61.6 Å². The second kappa shape index (κ2) is 7.77. The van der Waals surface area contributed by atoms with Crippen LogP contribution in [0.3, 0.4) is 0 Å². The molecule has 107 valence electrons. The Hall–Kier alpha value is -0.120. The molecule has 0 aliphatic heterocycles. The van der Waals surface area contributed by atoms with Gasteiger partial charge in [-0.1, -0.05) is 6.07 Å². The van der Waals surface area contributed by atoms with E-state index in [1.54, 1.807) is 0 Å². The number of esters is 1. The van der Waals surface area contributed by atoms with Gasteiger partial charge in [-0.25, -0.2) is 4.79 Å². The Morgan fingerprint density at radius 3 is 2.30 bits per heavy atom. The first kappa shape index (κ1) is 19.9. The number of ether oxygens (including phenoxy) is 2. The van der Waals surface area contributed by atoms with Crippen molar-refractivity contribution in [3.05, 3.63) is 27.7 Å². The van der Waals surface area contributed by atoms with Gasteiger partial charge in [-0.05, 0) is 34.5 Å². The zero-order valence-corrected chi connectivity index (χ0v) is 15.9. The van der Waals surface area contributed by atoms with Crippen LogP contribution in [0.1, 0.15) is 28.1 Å². The van der Waals surface area contributed by atoms with Gasteiger partial charge >= 0.3 is 5.97 Å². The average Bonchev–Trinajstić information content (AvgIpc) is 2.35. The van der Waals surface area contributed by atoms with E-state index >= 15 is 0 Å². The number of hydrogen-bond acceptors (Lipinski definition) is 5. The second-order valence-electron chi connectivity index (χ2n) is 3.69. The Kier molecular flexibility index (Phi) is 7.72. The van der Waals surface area contributed by atoms with E-state index in [1.165, 1.54) is 33.3 Å². The SMILES string of the molecule is COC(=O)c1c(C(C)S(=O)(=O)O)ccc(Br)c1OC.[Na]. The Bertz CT molecular complexity index is 601. The second-order valence-corrected chi connectivity index (χ2v) is 6.29. The molecule has 1 aromatic rings. The number of carbonyl (C=O) groups is 1. The summed E-state index contributed by atoms with van der Waals surface area (Å²) in [5.74, 6) is -0.594. The van der Waals surface area contributed by atoms with Crippen molar-refractivity contribution in [3.8, 4) is 5.75 Å². The number of carbonyl (C=O) groups excluding carboxylic acids is 1. The van der Waals surface area contributed by atoms with Crippen LogP contribution in [0.4, 0.5) is 0 Å². The third-order valence-electron chi connectivity index (χ3n) is 2.62. The molecule has 0 saturated heterocycles. The van der Waals surface area contributed by atoms with Gasteiger partial charge < -0.3 is 9.47 Å². The van der Waals surface area contributed by atoms with E-state index in [2.05, 4.69) is 20.7 Å². The summed E-state index contributed by atoms with van der Waals surface area (Å²) in [6, 6.07) is 2.94. The molecule has 0 fully saturated rings. The van der Waals surface area contributed by atoms with Crippen molar-refractivity contribution in [1.82, 2.24) is 0 Å². The van der Waals surface area contributed by atoms with Crippen LogP contribution in [0.25, 0.3) is 0 Å². The van der Waals surface area contributed by atoms with Crippen LogP contribution < -0.4 is 4.74 Å². The monoisotopic (exact) mass is 375 g/mol. The first-order chi connectivity index (χ1) is 8.73. The maximum Gasteiger partial charge on any atom is 0.342 e. The van der Waals surface area contributed by atoms with E-state index in [1.807, 2.05) is 0 Å². The smallest absolute Gasteiger partial charge is 0.342 e. The minimum absolute atomic E-state index is 0. The van der Waals surface area contributed by atoms with E-state index in [4.69, 9.17) is 9.29 Å². The molecule has 0 aromatic heterocycles. The number of benzene rings is 1. The van der Waals surface area contributed by atoms with Gasteiger partial charge in [-0.15, -0.1) is 0 Å². The molecule has 0 amide bonds. The fourth-order valence-corrected chi connectivity index (χ4v) is 2.59. The van der Waals surface area contributed by atoms with Crippen molar-refractivity contribution in [3.63, 3.8) is 0 Å². The Morgan fingerprint density at radius 1 is 1.35 bits per heavy atom. The van der Waals surface area contributed by atoms with Gasteiger partial charge in [0.25, 0.3) is 10.1 Å². The molecular formula is C11H13BrNaO6S. The molecule has 0 heterocycles. The van der Waals surface area contributed by atoms with E-state index in [0.29, 0.717) is 4.47 Å². The van der Waals surface area contributed by atoms with Crippen LogP contribution in [0.15, 0.2) is 16.6 Å². The van der Waals surface area contributed by atoms with Gasteiger partial charge in [0.1, 0.15) is 16.6 Å². The van der Waals surface area contributed by atoms with E-state index in [0.717, 1.165) is 0 Å². The van der Waals surface area contributed by atoms with E-state index in [9.17, 15) is 13.2 Å². The van der Waals surface area contributed by atoms with Crippen molar-refractivity contribution in [2.45, 2.75) is 12.2 Å². The molecule has 1 radical (unpaired) electrons. The first-order valence-corrected chi connectivity index (χ1v) is 7.44. The van der Waals surface area contributed by atoms with E-state index in [-0.39, 0.29) is 46.4 Å². The molecule has 0 bridgehead atoms. The van der Waals surface area contributed by atoms with Crippen LogP contribution in [0.2, 0.25) is 0 Å². The predicted octanol–water partition coefficient (Wildman–Crippen LogP) is 1.81. The summed E-state index contributed by atoms with van der Waals surface area (Å²) in [5.41, 5.74) is 0.0684. The quantitative estimate of drug-likeness (QED) is 0.490. The van der Waals surface area contributed by atoms with Gasteiger partial charge in [0.05, 0.1) is 18.7 Å². The summed E-state index contributed by atoms with van der Waals surface area (Å²) >= 11 is 3.19. The normalized spacial score (nSPS) is 12.2. The minimum Gasteiger partial charge on any atom is -0.495 e. The fourth-order valence-electron chi connectivity index (χ4n) is 1.58. The Labute approximate surface area is 148 Å². The predicted molar refractivity (Wildman–Crippen MR) is 77.8 cm³/mol. The van der Waals surface area contributed by atoms with Crippen LogP contribution in [-0.4, -0.2) is 62.7 Å². The largest absolute Gasteiger partial charge is 0.495 e. The number of rotatable bonds is 4.